The Balaban J connectivity index is 2.26. The molecule has 0 spiro atoms. The minimum Gasteiger partial charge on any atom is -0.311 e. The lowest BCUT2D eigenvalue weighted by atomic mass is 9.89. The van der Waals surface area contributed by atoms with E-state index in [0.29, 0.717) is 18.0 Å². The molecule has 2 heteroatoms. The largest absolute Gasteiger partial charge is 0.311 e. The molecular formula is C14H20BrN. The lowest BCUT2D eigenvalue weighted by molar-refractivity contribution is 0.517. The third-order valence-electron chi connectivity index (χ3n) is 3.66. The molecule has 3 unspecified atom stereocenters. The monoisotopic (exact) mass is 281 g/mol. The van der Waals surface area contributed by atoms with E-state index in [-0.39, 0.29) is 0 Å². The van der Waals surface area contributed by atoms with Gasteiger partial charge in [-0.2, -0.15) is 0 Å². The van der Waals surface area contributed by atoms with Gasteiger partial charge in [0.05, 0.1) is 0 Å². The summed E-state index contributed by atoms with van der Waals surface area (Å²) in [6.07, 6.45) is 2.47. The van der Waals surface area contributed by atoms with Crippen LogP contribution in [0.4, 0.5) is 0 Å². The standard InChI is InChI=1S/C14H20BrN/c1-4-14-12(7-10(3)16-14)11-6-5-9(2)13(15)8-11/h5-6,8,10,12,14,16H,4,7H2,1-3H3. The normalized spacial score (nSPS) is 29.6. The van der Waals surface area contributed by atoms with Crippen LogP contribution < -0.4 is 5.32 Å². The van der Waals surface area contributed by atoms with Gasteiger partial charge in [-0.1, -0.05) is 35.0 Å². The second-order valence-corrected chi connectivity index (χ2v) is 5.79. The first kappa shape index (κ1) is 12.1. The van der Waals surface area contributed by atoms with Crippen LogP contribution in [0, 0.1) is 6.92 Å². The highest BCUT2D eigenvalue weighted by atomic mass is 79.9. The van der Waals surface area contributed by atoms with Crippen molar-refractivity contribution in [3.8, 4) is 0 Å². The van der Waals surface area contributed by atoms with Crippen molar-refractivity contribution in [2.75, 3.05) is 0 Å². The van der Waals surface area contributed by atoms with Gasteiger partial charge in [0.1, 0.15) is 0 Å². The summed E-state index contributed by atoms with van der Waals surface area (Å²) in [5.41, 5.74) is 2.79. The number of rotatable bonds is 2. The molecule has 1 aliphatic rings. The summed E-state index contributed by atoms with van der Waals surface area (Å²) < 4.78 is 1.24. The van der Waals surface area contributed by atoms with Gasteiger partial charge in [0, 0.05) is 22.5 Å². The number of benzene rings is 1. The van der Waals surface area contributed by atoms with Crippen LogP contribution in [0.3, 0.4) is 0 Å². The predicted molar refractivity (Wildman–Crippen MR) is 72.9 cm³/mol. The summed E-state index contributed by atoms with van der Waals surface area (Å²) in [6.45, 7) is 6.69. The summed E-state index contributed by atoms with van der Waals surface area (Å²) in [6, 6.07) is 8.09. The van der Waals surface area contributed by atoms with Crippen LogP contribution in [0.15, 0.2) is 22.7 Å². The average molecular weight is 282 g/mol. The van der Waals surface area contributed by atoms with Crippen molar-refractivity contribution in [3.63, 3.8) is 0 Å². The van der Waals surface area contributed by atoms with Gasteiger partial charge in [-0.25, -0.2) is 0 Å². The van der Waals surface area contributed by atoms with Gasteiger partial charge in [-0.15, -0.1) is 0 Å². The maximum atomic E-state index is 3.67. The molecule has 1 aliphatic heterocycles. The zero-order valence-electron chi connectivity index (χ0n) is 10.3. The highest BCUT2D eigenvalue weighted by Gasteiger charge is 2.31. The summed E-state index contributed by atoms with van der Waals surface area (Å²) in [7, 11) is 0. The molecule has 0 aliphatic carbocycles. The van der Waals surface area contributed by atoms with E-state index in [1.165, 1.54) is 28.4 Å². The van der Waals surface area contributed by atoms with E-state index in [4.69, 9.17) is 0 Å². The van der Waals surface area contributed by atoms with Gasteiger partial charge in [-0.05, 0) is 43.9 Å². The van der Waals surface area contributed by atoms with Gasteiger partial charge >= 0.3 is 0 Å². The van der Waals surface area contributed by atoms with E-state index >= 15 is 0 Å². The summed E-state index contributed by atoms with van der Waals surface area (Å²) >= 11 is 3.63. The molecule has 1 heterocycles. The van der Waals surface area contributed by atoms with Gasteiger partial charge in [0.25, 0.3) is 0 Å². The Morgan fingerprint density at radius 2 is 2.19 bits per heavy atom. The fraction of sp³-hybridized carbons (Fsp3) is 0.571. The second kappa shape index (κ2) is 4.89. The molecule has 0 bridgehead atoms. The minimum absolute atomic E-state index is 0.643. The Morgan fingerprint density at radius 1 is 1.44 bits per heavy atom. The van der Waals surface area contributed by atoms with Crippen molar-refractivity contribution >= 4 is 15.9 Å². The molecule has 1 N–H and O–H groups in total. The molecule has 1 fully saturated rings. The molecule has 0 saturated carbocycles. The fourth-order valence-electron chi connectivity index (χ4n) is 2.71. The van der Waals surface area contributed by atoms with E-state index in [2.05, 4.69) is 60.2 Å². The lowest BCUT2D eigenvalue weighted by Gasteiger charge is -2.18. The van der Waals surface area contributed by atoms with Crippen LogP contribution >= 0.6 is 15.9 Å². The lowest BCUT2D eigenvalue weighted by Crippen LogP contribution is -2.28. The topological polar surface area (TPSA) is 12.0 Å². The Labute approximate surface area is 107 Å². The van der Waals surface area contributed by atoms with Crippen LogP contribution in [0.2, 0.25) is 0 Å². The highest BCUT2D eigenvalue weighted by Crippen LogP contribution is 2.34. The van der Waals surface area contributed by atoms with Gasteiger partial charge in [0.2, 0.25) is 0 Å². The summed E-state index contributed by atoms with van der Waals surface area (Å²) in [4.78, 5) is 0. The first-order valence-electron chi connectivity index (χ1n) is 6.14. The zero-order chi connectivity index (χ0) is 11.7. The molecule has 1 aromatic rings. The molecule has 0 radical (unpaired) electrons. The molecule has 1 nitrogen and oxygen atoms in total. The maximum absolute atomic E-state index is 3.67. The number of hydrogen-bond donors (Lipinski definition) is 1. The molecule has 88 valence electrons. The number of hydrogen-bond acceptors (Lipinski definition) is 1. The molecule has 3 atom stereocenters. The first-order valence-corrected chi connectivity index (χ1v) is 6.93. The van der Waals surface area contributed by atoms with Crippen molar-refractivity contribution in [1.82, 2.24) is 5.32 Å². The van der Waals surface area contributed by atoms with Gasteiger partial charge in [0.15, 0.2) is 0 Å². The van der Waals surface area contributed by atoms with Crippen LogP contribution in [0.5, 0.6) is 0 Å². The predicted octanol–water partition coefficient (Wildman–Crippen LogP) is 4.00. The third kappa shape index (κ3) is 2.33. The average Bonchev–Trinajstić information content (AvgIpc) is 2.63. The summed E-state index contributed by atoms with van der Waals surface area (Å²) in [5.74, 6) is 0.678. The van der Waals surface area contributed by atoms with E-state index in [0.717, 1.165) is 0 Å². The SMILES string of the molecule is CCC1NC(C)CC1c1ccc(C)c(Br)c1. The molecular weight excluding hydrogens is 262 g/mol. The maximum Gasteiger partial charge on any atom is 0.0207 e. The van der Waals surface area contributed by atoms with Gasteiger partial charge < -0.3 is 5.32 Å². The highest BCUT2D eigenvalue weighted by molar-refractivity contribution is 9.10. The van der Waals surface area contributed by atoms with E-state index in [1.807, 2.05) is 0 Å². The fourth-order valence-corrected chi connectivity index (χ4v) is 3.10. The van der Waals surface area contributed by atoms with E-state index in [9.17, 15) is 0 Å². The Morgan fingerprint density at radius 3 is 2.81 bits per heavy atom. The van der Waals surface area contributed by atoms with Crippen LogP contribution in [-0.2, 0) is 0 Å². The number of nitrogens with one attached hydrogen (secondary N) is 1. The van der Waals surface area contributed by atoms with Gasteiger partial charge in [-0.3, -0.25) is 0 Å². The quantitative estimate of drug-likeness (QED) is 0.864. The number of aryl methyl sites for hydroxylation is 1. The molecule has 0 amide bonds. The van der Waals surface area contributed by atoms with E-state index in [1.54, 1.807) is 0 Å². The van der Waals surface area contributed by atoms with Crippen molar-refractivity contribution in [1.29, 1.82) is 0 Å². The molecule has 0 aromatic heterocycles. The first-order chi connectivity index (χ1) is 7.61. The Kier molecular flexibility index (Phi) is 3.70. The summed E-state index contributed by atoms with van der Waals surface area (Å²) in [5, 5.41) is 3.67. The number of halogens is 1. The molecule has 1 aromatic carbocycles. The van der Waals surface area contributed by atoms with Crippen molar-refractivity contribution in [3.05, 3.63) is 33.8 Å². The molecule has 2 rings (SSSR count). The zero-order valence-corrected chi connectivity index (χ0v) is 11.8. The van der Waals surface area contributed by atoms with Crippen LogP contribution in [0.25, 0.3) is 0 Å². The molecule has 1 saturated heterocycles. The van der Waals surface area contributed by atoms with Crippen molar-refractivity contribution in [2.45, 2.75) is 51.6 Å². The minimum atomic E-state index is 0.643. The van der Waals surface area contributed by atoms with Crippen LogP contribution in [0.1, 0.15) is 43.7 Å². The molecule has 16 heavy (non-hydrogen) atoms. The van der Waals surface area contributed by atoms with Crippen molar-refractivity contribution < 1.29 is 0 Å². The Hall–Kier alpha value is -0.340. The van der Waals surface area contributed by atoms with Crippen LogP contribution in [-0.4, -0.2) is 12.1 Å². The Bertz CT molecular complexity index is 375. The second-order valence-electron chi connectivity index (χ2n) is 4.93. The smallest absolute Gasteiger partial charge is 0.0207 e. The van der Waals surface area contributed by atoms with Crippen molar-refractivity contribution in [2.24, 2.45) is 0 Å². The third-order valence-corrected chi connectivity index (χ3v) is 4.51. The van der Waals surface area contributed by atoms with E-state index < -0.39 is 0 Å².